The fraction of sp³-hybridized carbons (Fsp3) is 0.471. The number of nitrogens with zero attached hydrogens (tertiary/aromatic N) is 2. The number of carbonyl (C=O) groups is 1. The summed E-state index contributed by atoms with van der Waals surface area (Å²) in [5.41, 5.74) is 2.18. The first-order valence-corrected chi connectivity index (χ1v) is 8.77. The maximum absolute atomic E-state index is 13.0. The number of fused-ring (bicyclic) bond motifs is 1. The molecule has 0 spiro atoms. The molecule has 0 radical (unpaired) electrons. The first-order chi connectivity index (χ1) is 10.8. The molecular formula is C17H20N2O2S. The molecule has 0 saturated carbocycles. The van der Waals surface area contributed by atoms with Crippen molar-refractivity contribution in [2.75, 3.05) is 19.7 Å². The minimum atomic E-state index is 0.146. The Balaban J connectivity index is 1.73. The van der Waals surface area contributed by atoms with Crippen LogP contribution in [0.2, 0.25) is 0 Å². The summed E-state index contributed by atoms with van der Waals surface area (Å²) < 4.78 is 2.07. The molecule has 116 valence electrons. The Morgan fingerprint density at radius 2 is 1.95 bits per heavy atom. The van der Waals surface area contributed by atoms with Crippen molar-refractivity contribution in [2.24, 2.45) is 5.92 Å². The third kappa shape index (κ3) is 2.20. The maximum atomic E-state index is 13.0. The number of rotatable bonds is 3. The molecule has 0 atom stereocenters. The summed E-state index contributed by atoms with van der Waals surface area (Å²) in [5.74, 6) is 0.404. The van der Waals surface area contributed by atoms with E-state index in [4.69, 9.17) is 0 Å². The Kier molecular flexibility index (Phi) is 3.54. The van der Waals surface area contributed by atoms with Gasteiger partial charge < -0.3 is 14.6 Å². The third-order valence-corrected chi connectivity index (χ3v) is 6.01. The number of aromatic nitrogens is 1. The number of likely N-dealkylation sites (tertiary alicyclic amines) is 1. The lowest BCUT2D eigenvalue weighted by Crippen LogP contribution is -2.51. The quantitative estimate of drug-likeness (QED) is 0.945. The van der Waals surface area contributed by atoms with Crippen molar-refractivity contribution in [2.45, 2.75) is 25.7 Å². The summed E-state index contributed by atoms with van der Waals surface area (Å²) in [6.45, 7) is 1.55. The molecule has 3 heterocycles. The van der Waals surface area contributed by atoms with E-state index in [-0.39, 0.29) is 18.4 Å². The molecule has 1 saturated heterocycles. The molecule has 0 unspecified atom stereocenters. The van der Waals surface area contributed by atoms with Crippen LogP contribution in [-0.4, -0.2) is 40.2 Å². The van der Waals surface area contributed by atoms with Gasteiger partial charge in [-0.3, -0.25) is 4.79 Å². The van der Waals surface area contributed by atoms with Gasteiger partial charge in [0.15, 0.2) is 0 Å². The average Bonchev–Trinajstić information content (AvgIpc) is 3.13. The van der Waals surface area contributed by atoms with Gasteiger partial charge in [-0.25, -0.2) is 0 Å². The van der Waals surface area contributed by atoms with Gasteiger partial charge in [0, 0.05) is 42.9 Å². The van der Waals surface area contributed by atoms with Gasteiger partial charge in [0.2, 0.25) is 0 Å². The molecule has 1 aliphatic heterocycles. The van der Waals surface area contributed by atoms with E-state index in [1.165, 1.54) is 23.3 Å². The van der Waals surface area contributed by atoms with Gasteiger partial charge in [-0.2, -0.15) is 0 Å². The zero-order chi connectivity index (χ0) is 15.1. The number of aliphatic hydroxyl groups excluding tert-OH is 1. The van der Waals surface area contributed by atoms with Gasteiger partial charge in [0.25, 0.3) is 5.91 Å². The minimum absolute atomic E-state index is 0.146. The van der Waals surface area contributed by atoms with E-state index >= 15 is 0 Å². The van der Waals surface area contributed by atoms with Crippen molar-refractivity contribution in [1.29, 1.82) is 0 Å². The zero-order valence-electron chi connectivity index (χ0n) is 12.5. The second kappa shape index (κ2) is 5.56. The summed E-state index contributed by atoms with van der Waals surface area (Å²) in [5, 5.41) is 10.2. The fourth-order valence-corrected chi connectivity index (χ4v) is 4.78. The number of carbonyl (C=O) groups excluding carboxylic acids is 1. The number of aryl methyl sites for hydroxylation is 1. The van der Waals surface area contributed by atoms with Crippen LogP contribution in [0.5, 0.6) is 0 Å². The van der Waals surface area contributed by atoms with E-state index in [0.29, 0.717) is 13.1 Å². The monoisotopic (exact) mass is 316 g/mol. The van der Waals surface area contributed by atoms with Crippen molar-refractivity contribution in [3.05, 3.63) is 40.5 Å². The minimum Gasteiger partial charge on any atom is -0.396 e. The van der Waals surface area contributed by atoms with Gasteiger partial charge in [-0.05, 0) is 43.4 Å². The van der Waals surface area contributed by atoms with Crippen molar-refractivity contribution >= 4 is 17.2 Å². The highest BCUT2D eigenvalue weighted by Crippen LogP contribution is 2.38. The fourth-order valence-electron chi connectivity index (χ4n) is 3.43. The predicted molar refractivity (Wildman–Crippen MR) is 86.8 cm³/mol. The van der Waals surface area contributed by atoms with Crippen LogP contribution in [0.1, 0.15) is 33.6 Å². The summed E-state index contributed by atoms with van der Waals surface area (Å²) in [6.07, 6.45) is 8.55. The third-order valence-electron chi connectivity index (χ3n) is 4.71. The smallest absolute Gasteiger partial charge is 0.257 e. The Hall–Kier alpha value is -1.59. The van der Waals surface area contributed by atoms with Gasteiger partial charge in [0.1, 0.15) is 5.00 Å². The first kappa shape index (κ1) is 14.0. The molecule has 2 aromatic rings. The van der Waals surface area contributed by atoms with Crippen LogP contribution in [0.15, 0.2) is 24.5 Å². The molecule has 4 rings (SSSR count). The number of aliphatic hydroxyl groups is 1. The number of amides is 1. The van der Waals surface area contributed by atoms with Crippen molar-refractivity contribution in [3.63, 3.8) is 0 Å². The average molecular weight is 316 g/mol. The van der Waals surface area contributed by atoms with Crippen LogP contribution in [0.25, 0.3) is 5.00 Å². The standard InChI is InChI=1S/C17H20N2O2S/c20-11-12-9-19(10-12)16(21)15-13-5-1-2-6-14(13)22-17(15)18-7-3-4-8-18/h3-4,7-8,12,20H,1-2,5-6,9-11H2. The summed E-state index contributed by atoms with van der Waals surface area (Å²) >= 11 is 1.77. The molecule has 2 aromatic heterocycles. The molecule has 22 heavy (non-hydrogen) atoms. The van der Waals surface area contributed by atoms with Crippen LogP contribution in [-0.2, 0) is 12.8 Å². The molecule has 1 aliphatic carbocycles. The van der Waals surface area contributed by atoms with Gasteiger partial charge in [-0.1, -0.05) is 0 Å². The Bertz CT molecular complexity index is 684. The molecule has 2 aliphatic rings. The summed E-state index contributed by atoms with van der Waals surface area (Å²) in [4.78, 5) is 16.2. The van der Waals surface area contributed by atoms with Crippen LogP contribution >= 0.6 is 11.3 Å². The van der Waals surface area contributed by atoms with Crippen molar-refractivity contribution < 1.29 is 9.90 Å². The normalized spacial score (nSPS) is 18.1. The molecular weight excluding hydrogens is 296 g/mol. The largest absolute Gasteiger partial charge is 0.396 e. The summed E-state index contributed by atoms with van der Waals surface area (Å²) in [7, 11) is 0. The molecule has 1 N–H and O–H groups in total. The summed E-state index contributed by atoms with van der Waals surface area (Å²) in [6, 6.07) is 4.00. The Morgan fingerprint density at radius 1 is 1.23 bits per heavy atom. The molecule has 5 heteroatoms. The second-order valence-corrected chi connectivity index (χ2v) is 7.32. The van der Waals surface area contributed by atoms with Gasteiger partial charge >= 0.3 is 0 Å². The van der Waals surface area contributed by atoms with E-state index in [1.54, 1.807) is 11.3 Å². The highest BCUT2D eigenvalue weighted by molar-refractivity contribution is 7.15. The van der Waals surface area contributed by atoms with Crippen LogP contribution < -0.4 is 0 Å². The van der Waals surface area contributed by atoms with E-state index in [2.05, 4.69) is 4.57 Å². The van der Waals surface area contributed by atoms with E-state index < -0.39 is 0 Å². The topological polar surface area (TPSA) is 45.5 Å². The van der Waals surface area contributed by atoms with Crippen LogP contribution in [0.3, 0.4) is 0 Å². The molecule has 0 bridgehead atoms. The Morgan fingerprint density at radius 3 is 2.68 bits per heavy atom. The van der Waals surface area contributed by atoms with Crippen molar-refractivity contribution in [1.82, 2.24) is 9.47 Å². The number of hydrogen-bond acceptors (Lipinski definition) is 3. The van der Waals surface area contributed by atoms with E-state index in [9.17, 15) is 9.90 Å². The van der Waals surface area contributed by atoms with E-state index in [1.807, 2.05) is 29.4 Å². The lowest BCUT2D eigenvalue weighted by atomic mass is 9.93. The first-order valence-electron chi connectivity index (χ1n) is 7.96. The lowest BCUT2D eigenvalue weighted by molar-refractivity contribution is 0.0361. The SMILES string of the molecule is O=C(c1c(-n2cccc2)sc2c1CCCC2)N1CC(CO)C1. The highest BCUT2D eigenvalue weighted by Gasteiger charge is 2.35. The van der Waals surface area contributed by atoms with Crippen LogP contribution in [0.4, 0.5) is 0 Å². The molecule has 1 amide bonds. The van der Waals surface area contributed by atoms with Gasteiger partial charge in [-0.15, -0.1) is 11.3 Å². The van der Waals surface area contributed by atoms with Crippen LogP contribution in [0, 0.1) is 5.92 Å². The zero-order valence-corrected chi connectivity index (χ0v) is 13.3. The number of hydrogen-bond donors (Lipinski definition) is 1. The highest BCUT2D eigenvalue weighted by atomic mass is 32.1. The second-order valence-electron chi connectivity index (χ2n) is 6.24. The molecule has 4 nitrogen and oxygen atoms in total. The maximum Gasteiger partial charge on any atom is 0.257 e. The molecule has 1 fully saturated rings. The lowest BCUT2D eigenvalue weighted by Gasteiger charge is -2.38. The Labute approximate surface area is 134 Å². The van der Waals surface area contributed by atoms with Crippen molar-refractivity contribution in [3.8, 4) is 5.00 Å². The predicted octanol–water partition coefficient (Wildman–Crippen LogP) is 2.48. The molecule has 0 aromatic carbocycles. The van der Waals surface area contributed by atoms with E-state index in [0.717, 1.165) is 23.4 Å². The number of thiophene rings is 1. The van der Waals surface area contributed by atoms with Gasteiger partial charge in [0.05, 0.1) is 5.56 Å².